The highest BCUT2D eigenvalue weighted by Gasteiger charge is 2.20. The van der Waals surface area contributed by atoms with Gasteiger partial charge in [-0.1, -0.05) is 12.1 Å². The van der Waals surface area contributed by atoms with Gasteiger partial charge in [0.05, 0.1) is 6.54 Å². The Morgan fingerprint density at radius 2 is 2.37 bits per heavy atom. The molecule has 1 heterocycles. The number of anilines is 1. The summed E-state index contributed by atoms with van der Waals surface area (Å²) in [6.45, 7) is 3.95. The third-order valence-corrected chi connectivity index (χ3v) is 3.40. The largest absolute Gasteiger partial charge is 0.325 e. The average molecular weight is 260 g/mol. The Balaban J connectivity index is 1.85. The summed E-state index contributed by atoms with van der Waals surface area (Å²) in [5.74, 6) is 0.0673. The van der Waals surface area contributed by atoms with Crippen LogP contribution in [0.2, 0.25) is 0 Å². The van der Waals surface area contributed by atoms with Crippen molar-refractivity contribution in [2.45, 2.75) is 19.8 Å². The number of hydrogen-bond acceptors (Lipinski definition) is 3. The Hall–Kier alpha value is -1.68. The normalized spacial score (nSPS) is 19.9. The molecule has 0 saturated carbocycles. The Bertz CT molecular complexity index is 459. The zero-order valence-corrected chi connectivity index (χ0v) is 11.3. The third kappa shape index (κ3) is 4.17. The minimum absolute atomic E-state index is 0.0165. The predicted molar refractivity (Wildman–Crippen MR) is 75.0 cm³/mol. The SMILES string of the molecule is Cc1cccc(NC(=O)CN2CCCC(C=O)C2)c1. The van der Waals surface area contributed by atoms with E-state index in [4.69, 9.17) is 0 Å². The predicted octanol–water partition coefficient (Wildman–Crippen LogP) is 1.84. The maximum absolute atomic E-state index is 11.9. The van der Waals surface area contributed by atoms with E-state index in [2.05, 4.69) is 5.32 Å². The second-order valence-electron chi connectivity index (χ2n) is 5.19. The van der Waals surface area contributed by atoms with E-state index in [-0.39, 0.29) is 11.8 Å². The van der Waals surface area contributed by atoms with Crippen molar-refractivity contribution in [2.24, 2.45) is 5.92 Å². The zero-order valence-electron chi connectivity index (χ0n) is 11.3. The molecular formula is C15H20N2O2. The van der Waals surface area contributed by atoms with Gasteiger partial charge in [0.25, 0.3) is 0 Å². The summed E-state index contributed by atoms with van der Waals surface area (Å²) in [6.07, 6.45) is 2.94. The summed E-state index contributed by atoms with van der Waals surface area (Å²) in [5.41, 5.74) is 1.95. The number of carbonyl (C=O) groups excluding carboxylic acids is 2. The number of hydrogen-bond donors (Lipinski definition) is 1. The number of benzene rings is 1. The van der Waals surface area contributed by atoms with Crippen LogP contribution in [-0.4, -0.2) is 36.7 Å². The van der Waals surface area contributed by atoms with Crippen LogP contribution in [0, 0.1) is 12.8 Å². The molecule has 1 aliphatic heterocycles. The smallest absolute Gasteiger partial charge is 0.238 e. The summed E-state index contributed by atoms with van der Waals surface area (Å²) in [5, 5.41) is 2.89. The molecule has 2 rings (SSSR count). The minimum atomic E-state index is -0.0165. The van der Waals surface area contributed by atoms with Crippen LogP contribution in [0.5, 0.6) is 0 Å². The summed E-state index contributed by atoms with van der Waals surface area (Å²) in [6, 6.07) is 7.75. The molecule has 0 aromatic heterocycles. The van der Waals surface area contributed by atoms with Crippen molar-refractivity contribution in [2.75, 3.05) is 25.0 Å². The number of aryl methyl sites for hydroxylation is 1. The second kappa shape index (κ2) is 6.48. The molecule has 0 radical (unpaired) electrons. The lowest BCUT2D eigenvalue weighted by molar-refractivity contribution is -0.119. The average Bonchev–Trinajstić information content (AvgIpc) is 2.38. The van der Waals surface area contributed by atoms with E-state index in [1.165, 1.54) is 0 Å². The van der Waals surface area contributed by atoms with Gasteiger partial charge in [-0.05, 0) is 44.0 Å². The van der Waals surface area contributed by atoms with E-state index < -0.39 is 0 Å². The second-order valence-corrected chi connectivity index (χ2v) is 5.19. The molecule has 19 heavy (non-hydrogen) atoms. The maximum Gasteiger partial charge on any atom is 0.238 e. The summed E-state index contributed by atoms with van der Waals surface area (Å²) in [7, 11) is 0. The van der Waals surface area contributed by atoms with E-state index >= 15 is 0 Å². The summed E-state index contributed by atoms with van der Waals surface area (Å²) in [4.78, 5) is 24.8. The molecule has 1 atom stereocenters. The lowest BCUT2D eigenvalue weighted by Crippen LogP contribution is -2.40. The lowest BCUT2D eigenvalue weighted by Gasteiger charge is -2.29. The van der Waals surface area contributed by atoms with Crippen LogP contribution in [0.3, 0.4) is 0 Å². The number of aldehydes is 1. The highest BCUT2D eigenvalue weighted by Crippen LogP contribution is 2.14. The first kappa shape index (κ1) is 13.7. The van der Waals surface area contributed by atoms with Crippen LogP contribution >= 0.6 is 0 Å². The maximum atomic E-state index is 11.9. The number of rotatable bonds is 4. The lowest BCUT2D eigenvalue weighted by atomic mass is 10.00. The van der Waals surface area contributed by atoms with Gasteiger partial charge < -0.3 is 10.1 Å². The number of nitrogens with zero attached hydrogens (tertiary/aromatic N) is 1. The Labute approximate surface area is 113 Å². The molecule has 102 valence electrons. The third-order valence-electron chi connectivity index (χ3n) is 3.40. The van der Waals surface area contributed by atoms with E-state index in [0.717, 1.165) is 36.9 Å². The quantitative estimate of drug-likeness (QED) is 0.840. The van der Waals surface area contributed by atoms with Crippen LogP contribution in [0.4, 0.5) is 5.69 Å². The summed E-state index contributed by atoms with van der Waals surface area (Å²) < 4.78 is 0. The van der Waals surface area contributed by atoms with Crippen LogP contribution in [-0.2, 0) is 9.59 Å². The highest BCUT2D eigenvalue weighted by atomic mass is 16.2. The molecule has 1 aromatic rings. The molecule has 1 fully saturated rings. The van der Waals surface area contributed by atoms with Crippen LogP contribution < -0.4 is 5.32 Å². The van der Waals surface area contributed by atoms with Crippen molar-refractivity contribution >= 4 is 17.9 Å². The van der Waals surface area contributed by atoms with Gasteiger partial charge in [-0.3, -0.25) is 9.69 Å². The van der Waals surface area contributed by atoms with Crippen molar-refractivity contribution in [3.05, 3.63) is 29.8 Å². The van der Waals surface area contributed by atoms with Gasteiger partial charge in [-0.25, -0.2) is 0 Å². The van der Waals surface area contributed by atoms with Crippen molar-refractivity contribution in [3.63, 3.8) is 0 Å². The minimum Gasteiger partial charge on any atom is -0.325 e. The monoisotopic (exact) mass is 260 g/mol. The van der Waals surface area contributed by atoms with Crippen molar-refractivity contribution in [1.82, 2.24) is 4.90 Å². The van der Waals surface area contributed by atoms with Crippen molar-refractivity contribution < 1.29 is 9.59 Å². The molecule has 0 aliphatic carbocycles. The van der Waals surface area contributed by atoms with Gasteiger partial charge in [0.2, 0.25) is 5.91 Å². The number of carbonyl (C=O) groups is 2. The number of nitrogens with one attached hydrogen (secondary N) is 1. The molecule has 1 unspecified atom stereocenters. The van der Waals surface area contributed by atoms with Gasteiger partial charge in [-0.15, -0.1) is 0 Å². The topological polar surface area (TPSA) is 49.4 Å². The molecule has 1 aliphatic rings. The molecule has 1 aromatic carbocycles. The van der Waals surface area contributed by atoms with E-state index in [1.54, 1.807) is 0 Å². The number of piperidine rings is 1. The van der Waals surface area contributed by atoms with Gasteiger partial charge in [0, 0.05) is 18.2 Å². The molecule has 0 bridgehead atoms. The summed E-state index contributed by atoms with van der Waals surface area (Å²) >= 11 is 0. The van der Waals surface area contributed by atoms with Gasteiger partial charge in [-0.2, -0.15) is 0 Å². The molecule has 0 spiro atoms. The zero-order chi connectivity index (χ0) is 13.7. The van der Waals surface area contributed by atoms with Crippen molar-refractivity contribution in [1.29, 1.82) is 0 Å². The fourth-order valence-corrected chi connectivity index (χ4v) is 2.47. The molecule has 1 saturated heterocycles. The van der Waals surface area contributed by atoms with Gasteiger partial charge >= 0.3 is 0 Å². The fourth-order valence-electron chi connectivity index (χ4n) is 2.47. The molecule has 4 heteroatoms. The van der Waals surface area contributed by atoms with E-state index in [0.29, 0.717) is 13.1 Å². The van der Waals surface area contributed by atoms with Gasteiger partial charge in [0.15, 0.2) is 0 Å². The van der Waals surface area contributed by atoms with E-state index in [1.807, 2.05) is 36.1 Å². The van der Waals surface area contributed by atoms with E-state index in [9.17, 15) is 9.59 Å². The first-order chi connectivity index (χ1) is 9.17. The Morgan fingerprint density at radius 3 is 3.11 bits per heavy atom. The Kier molecular flexibility index (Phi) is 4.68. The first-order valence-corrected chi connectivity index (χ1v) is 6.71. The van der Waals surface area contributed by atoms with Crippen molar-refractivity contribution in [3.8, 4) is 0 Å². The first-order valence-electron chi connectivity index (χ1n) is 6.71. The molecule has 1 amide bonds. The highest BCUT2D eigenvalue weighted by molar-refractivity contribution is 5.92. The standard InChI is InChI=1S/C15H20N2O2/c1-12-4-2-6-14(8-12)16-15(19)10-17-7-3-5-13(9-17)11-18/h2,4,6,8,11,13H,3,5,7,9-10H2,1H3,(H,16,19). The Morgan fingerprint density at radius 1 is 1.53 bits per heavy atom. The number of likely N-dealkylation sites (tertiary alicyclic amines) is 1. The molecular weight excluding hydrogens is 240 g/mol. The molecule has 4 nitrogen and oxygen atoms in total. The van der Waals surface area contributed by atoms with Crippen LogP contribution in [0.25, 0.3) is 0 Å². The number of amides is 1. The van der Waals surface area contributed by atoms with Crippen LogP contribution in [0.1, 0.15) is 18.4 Å². The molecule has 1 N–H and O–H groups in total. The fraction of sp³-hybridized carbons (Fsp3) is 0.467. The van der Waals surface area contributed by atoms with Crippen LogP contribution in [0.15, 0.2) is 24.3 Å². The van der Waals surface area contributed by atoms with Gasteiger partial charge in [0.1, 0.15) is 6.29 Å².